The Balaban J connectivity index is 4.23. The minimum absolute atomic E-state index is 0.0645. The van der Waals surface area contributed by atoms with Gasteiger partial charge in [0.05, 0.1) is 5.75 Å². The van der Waals surface area contributed by atoms with Gasteiger partial charge in [0.1, 0.15) is 9.84 Å². The van der Waals surface area contributed by atoms with Crippen LogP contribution in [-0.2, 0) is 9.84 Å². The van der Waals surface area contributed by atoms with Gasteiger partial charge in [-0.25, -0.2) is 8.42 Å². The van der Waals surface area contributed by atoms with Crippen molar-refractivity contribution < 1.29 is 8.42 Å². The van der Waals surface area contributed by atoms with Gasteiger partial charge >= 0.3 is 0 Å². The third-order valence-corrected chi connectivity index (χ3v) is 4.51. The van der Waals surface area contributed by atoms with Crippen LogP contribution in [0.25, 0.3) is 0 Å². The van der Waals surface area contributed by atoms with Gasteiger partial charge in [-0.15, -0.1) is 0 Å². The van der Waals surface area contributed by atoms with Crippen LogP contribution in [0.1, 0.15) is 34.1 Å². The number of aliphatic imine (C=N–C) groups is 1. The molecule has 6 nitrogen and oxygen atoms in total. The number of nitrogens with zero attached hydrogens (tertiary/aromatic N) is 2. The summed E-state index contributed by atoms with van der Waals surface area (Å²) in [4.78, 5) is 6.55. The van der Waals surface area contributed by atoms with Crippen LogP contribution < -0.4 is 10.6 Å². The lowest BCUT2D eigenvalue weighted by atomic mass is 10.2. The van der Waals surface area contributed by atoms with Crippen molar-refractivity contribution in [3.05, 3.63) is 0 Å². The normalized spacial score (nSPS) is 15.9. The highest BCUT2D eigenvalue weighted by Crippen LogP contribution is 1.98. The Morgan fingerprint density at radius 3 is 2.24 bits per heavy atom. The molecule has 0 spiro atoms. The number of nitrogens with one attached hydrogen (secondary N) is 2. The highest BCUT2D eigenvalue weighted by molar-refractivity contribution is 7.90. The van der Waals surface area contributed by atoms with Crippen molar-refractivity contribution in [1.82, 2.24) is 15.5 Å². The van der Waals surface area contributed by atoms with Gasteiger partial charge in [0.2, 0.25) is 0 Å². The number of guanidine groups is 1. The summed E-state index contributed by atoms with van der Waals surface area (Å²) in [6.07, 6.45) is 1.84. The van der Waals surface area contributed by atoms with Gasteiger partial charge in [-0.1, -0.05) is 13.8 Å². The SMILES string of the molecule is CCN(CC)C(C)CNC(=NC)NC(C)CCS(C)(=O)=O. The first-order valence-electron chi connectivity index (χ1n) is 7.62. The van der Waals surface area contributed by atoms with Crippen LogP contribution in [0, 0.1) is 0 Å². The van der Waals surface area contributed by atoms with Gasteiger partial charge in [0, 0.05) is 31.9 Å². The van der Waals surface area contributed by atoms with E-state index in [2.05, 4.69) is 41.3 Å². The maximum absolute atomic E-state index is 11.2. The highest BCUT2D eigenvalue weighted by Gasteiger charge is 2.12. The van der Waals surface area contributed by atoms with Gasteiger partial charge in [-0.3, -0.25) is 9.89 Å². The molecular formula is C14H32N4O2S. The van der Waals surface area contributed by atoms with Crippen LogP contribution in [0.3, 0.4) is 0 Å². The molecule has 0 bridgehead atoms. The fourth-order valence-corrected chi connectivity index (χ4v) is 2.89. The van der Waals surface area contributed by atoms with Crippen LogP contribution in [0.15, 0.2) is 4.99 Å². The molecule has 21 heavy (non-hydrogen) atoms. The summed E-state index contributed by atoms with van der Waals surface area (Å²) in [5, 5.41) is 6.52. The highest BCUT2D eigenvalue weighted by atomic mass is 32.2. The Bertz CT molecular complexity index is 405. The van der Waals surface area contributed by atoms with Crippen LogP contribution >= 0.6 is 0 Å². The average Bonchev–Trinajstić information content (AvgIpc) is 2.41. The van der Waals surface area contributed by atoms with Crippen LogP contribution in [0.4, 0.5) is 0 Å². The van der Waals surface area contributed by atoms with E-state index in [1.165, 1.54) is 6.26 Å². The molecule has 7 heteroatoms. The lowest BCUT2D eigenvalue weighted by Gasteiger charge is -2.27. The third kappa shape index (κ3) is 9.68. The monoisotopic (exact) mass is 320 g/mol. The Kier molecular flexibility index (Phi) is 9.61. The summed E-state index contributed by atoms with van der Waals surface area (Å²) < 4.78 is 22.3. The molecule has 0 aromatic carbocycles. The van der Waals surface area contributed by atoms with Gasteiger partial charge in [0.15, 0.2) is 5.96 Å². The van der Waals surface area contributed by atoms with E-state index in [4.69, 9.17) is 0 Å². The zero-order valence-electron chi connectivity index (χ0n) is 14.3. The predicted octanol–water partition coefficient (Wildman–Crippen LogP) is 0.705. The zero-order chi connectivity index (χ0) is 16.5. The molecule has 0 saturated carbocycles. The van der Waals surface area contributed by atoms with Crippen molar-refractivity contribution in [2.75, 3.05) is 38.7 Å². The van der Waals surface area contributed by atoms with Crippen LogP contribution in [-0.4, -0.2) is 70.1 Å². The van der Waals surface area contributed by atoms with E-state index in [0.717, 1.165) is 25.6 Å². The average molecular weight is 321 g/mol. The Hall–Kier alpha value is -0.820. The van der Waals surface area contributed by atoms with E-state index in [-0.39, 0.29) is 11.8 Å². The third-order valence-electron chi connectivity index (χ3n) is 3.53. The van der Waals surface area contributed by atoms with Crippen molar-refractivity contribution in [3.63, 3.8) is 0 Å². The summed E-state index contributed by atoms with van der Waals surface area (Å²) in [5.74, 6) is 0.906. The first kappa shape index (κ1) is 20.2. The molecule has 126 valence electrons. The number of likely N-dealkylation sites (N-methyl/N-ethyl adjacent to an activating group) is 1. The molecule has 2 unspecified atom stereocenters. The van der Waals surface area contributed by atoms with E-state index in [9.17, 15) is 8.42 Å². The molecule has 0 saturated heterocycles. The molecule has 0 amide bonds. The van der Waals surface area contributed by atoms with Gasteiger partial charge in [-0.05, 0) is 33.4 Å². The molecule has 0 heterocycles. The molecule has 0 rings (SSSR count). The number of hydrogen-bond donors (Lipinski definition) is 2. The fourth-order valence-electron chi connectivity index (χ4n) is 2.11. The molecule has 2 atom stereocenters. The van der Waals surface area contributed by atoms with Crippen molar-refractivity contribution >= 4 is 15.8 Å². The number of rotatable bonds is 9. The molecule has 0 aliphatic carbocycles. The number of sulfone groups is 1. The van der Waals surface area contributed by atoms with Gasteiger partial charge in [0.25, 0.3) is 0 Å². The van der Waals surface area contributed by atoms with Crippen molar-refractivity contribution in [2.24, 2.45) is 4.99 Å². The summed E-state index contributed by atoms with van der Waals surface area (Å²) in [6.45, 7) is 11.3. The Labute approximate surface area is 130 Å². The molecule has 0 aromatic rings. The van der Waals surface area contributed by atoms with E-state index in [0.29, 0.717) is 12.5 Å². The Morgan fingerprint density at radius 1 is 1.24 bits per heavy atom. The largest absolute Gasteiger partial charge is 0.355 e. The first-order valence-corrected chi connectivity index (χ1v) is 9.68. The van der Waals surface area contributed by atoms with Crippen molar-refractivity contribution in [2.45, 2.75) is 46.2 Å². The minimum Gasteiger partial charge on any atom is -0.355 e. The minimum atomic E-state index is -2.91. The van der Waals surface area contributed by atoms with E-state index in [1.807, 2.05) is 6.92 Å². The lowest BCUT2D eigenvalue weighted by molar-refractivity contribution is 0.231. The predicted molar refractivity (Wildman–Crippen MR) is 90.7 cm³/mol. The summed E-state index contributed by atoms with van der Waals surface area (Å²) in [6, 6.07) is 0.486. The lowest BCUT2D eigenvalue weighted by Crippen LogP contribution is -2.48. The maximum Gasteiger partial charge on any atom is 0.191 e. The molecule has 0 aliphatic rings. The molecular weight excluding hydrogens is 288 g/mol. The smallest absolute Gasteiger partial charge is 0.191 e. The fraction of sp³-hybridized carbons (Fsp3) is 0.929. The molecule has 0 aliphatic heterocycles. The molecule has 0 fully saturated rings. The van der Waals surface area contributed by atoms with Crippen molar-refractivity contribution in [1.29, 1.82) is 0 Å². The summed E-state index contributed by atoms with van der Waals surface area (Å²) in [5.41, 5.74) is 0. The second-order valence-electron chi connectivity index (χ2n) is 5.49. The van der Waals surface area contributed by atoms with Crippen LogP contribution in [0.2, 0.25) is 0 Å². The first-order chi connectivity index (χ1) is 9.73. The topological polar surface area (TPSA) is 73.8 Å². The van der Waals surface area contributed by atoms with Gasteiger partial charge < -0.3 is 10.6 Å². The van der Waals surface area contributed by atoms with Crippen LogP contribution in [0.5, 0.6) is 0 Å². The van der Waals surface area contributed by atoms with E-state index < -0.39 is 9.84 Å². The standard InChI is InChI=1S/C14H32N4O2S/c1-7-18(8-2)13(4)11-16-14(15-5)17-12(3)9-10-21(6,19)20/h12-13H,7-11H2,1-6H3,(H2,15,16,17). The van der Waals surface area contributed by atoms with Gasteiger partial charge in [-0.2, -0.15) is 0 Å². The second kappa shape index (κ2) is 10.00. The Morgan fingerprint density at radius 2 is 1.81 bits per heavy atom. The van der Waals surface area contributed by atoms with Crippen molar-refractivity contribution in [3.8, 4) is 0 Å². The number of hydrogen-bond acceptors (Lipinski definition) is 4. The maximum atomic E-state index is 11.2. The second-order valence-corrected chi connectivity index (χ2v) is 7.75. The van der Waals surface area contributed by atoms with E-state index >= 15 is 0 Å². The molecule has 2 N–H and O–H groups in total. The summed E-state index contributed by atoms with van der Waals surface area (Å²) >= 11 is 0. The quantitative estimate of drug-likeness (QED) is 0.483. The molecule has 0 aromatic heterocycles. The zero-order valence-corrected chi connectivity index (χ0v) is 15.1. The molecule has 0 radical (unpaired) electrons. The summed E-state index contributed by atoms with van der Waals surface area (Å²) in [7, 11) is -1.19. The van der Waals surface area contributed by atoms with E-state index in [1.54, 1.807) is 7.05 Å².